The predicted octanol–water partition coefficient (Wildman–Crippen LogP) is 1.17. The second-order valence-electron chi connectivity index (χ2n) is 3.57. The van der Waals surface area contributed by atoms with Crippen LogP contribution in [0.3, 0.4) is 0 Å². The van der Waals surface area contributed by atoms with Crippen LogP contribution in [0.4, 0.5) is 0 Å². The fourth-order valence-electron chi connectivity index (χ4n) is 1.60. The standard InChI is InChI=1S/C7H11N3O3/c1-7(2)12-5-4(9-10-8)3-11-6(5)13-7/h4-6H,3H2,1-2H3/t4-,5?,6+/m0/s1. The Balaban J connectivity index is 2.11. The average Bonchev–Trinajstić information content (AvgIpc) is 2.48. The highest BCUT2D eigenvalue weighted by molar-refractivity contribution is 4.91. The van der Waals surface area contributed by atoms with Gasteiger partial charge >= 0.3 is 0 Å². The van der Waals surface area contributed by atoms with Crippen molar-refractivity contribution >= 4 is 0 Å². The summed E-state index contributed by atoms with van der Waals surface area (Å²) in [6.07, 6.45) is -0.642. The van der Waals surface area contributed by atoms with Gasteiger partial charge in [0.25, 0.3) is 0 Å². The van der Waals surface area contributed by atoms with Crippen LogP contribution in [0.1, 0.15) is 13.8 Å². The molecule has 0 N–H and O–H groups in total. The lowest BCUT2D eigenvalue weighted by Gasteiger charge is -2.18. The molecule has 0 radical (unpaired) electrons. The molecule has 0 aromatic carbocycles. The SMILES string of the molecule is CC1(C)OC2[C@H](OC[C@@H]2N=[N+]=[N-])O1. The monoisotopic (exact) mass is 185 g/mol. The number of fused-ring (bicyclic) bond motifs is 1. The van der Waals surface area contributed by atoms with Gasteiger partial charge in [0, 0.05) is 4.91 Å². The van der Waals surface area contributed by atoms with Gasteiger partial charge < -0.3 is 14.2 Å². The average molecular weight is 185 g/mol. The van der Waals surface area contributed by atoms with Gasteiger partial charge in [-0.3, -0.25) is 0 Å². The zero-order chi connectivity index (χ0) is 9.47. The van der Waals surface area contributed by atoms with E-state index in [4.69, 9.17) is 19.7 Å². The maximum atomic E-state index is 8.28. The highest BCUT2D eigenvalue weighted by Crippen LogP contribution is 2.35. The first-order chi connectivity index (χ1) is 6.12. The minimum atomic E-state index is -0.640. The summed E-state index contributed by atoms with van der Waals surface area (Å²) < 4.78 is 16.2. The first-order valence-corrected chi connectivity index (χ1v) is 4.14. The molecule has 0 saturated carbocycles. The van der Waals surface area contributed by atoms with Crippen molar-refractivity contribution in [3.63, 3.8) is 0 Å². The van der Waals surface area contributed by atoms with E-state index >= 15 is 0 Å². The zero-order valence-electron chi connectivity index (χ0n) is 7.51. The van der Waals surface area contributed by atoms with Crippen molar-refractivity contribution < 1.29 is 14.2 Å². The van der Waals surface area contributed by atoms with Gasteiger partial charge in [-0.15, -0.1) is 0 Å². The largest absolute Gasteiger partial charge is 0.349 e. The summed E-state index contributed by atoms with van der Waals surface area (Å²) in [6, 6.07) is -0.267. The van der Waals surface area contributed by atoms with E-state index in [2.05, 4.69) is 10.0 Å². The fraction of sp³-hybridized carbons (Fsp3) is 1.00. The molecule has 2 saturated heterocycles. The minimum Gasteiger partial charge on any atom is -0.349 e. The summed E-state index contributed by atoms with van der Waals surface area (Å²) in [5.74, 6) is -0.640. The van der Waals surface area contributed by atoms with Gasteiger partial charge in [0.1, 0.15) is 6.10 Å². The molecule has 3 atom stereocenters. The van der Waals surface area contributed by atoms with Crippen LogP contribution in [0, 0.1) is 0 Å². The molecule has 13 heavy (non-hydrogen) atoms. The molecule has 2 aliphatic heterocycles. The fourth-order valence-corrected chi connectivity index (χ4v) is 1.60. The Kier molecular flexibility index (Phi) is 1.92. The smallest absolute Gasteiger partial charge is 0.187 e. The summed E-state index contributed by atoms with van der Waals surface area (Å²) in [5.41, 5.74) is 8.28. The summed E-state index contributed by atoms with van der Waals surface area (Å²) in [5, 5.41) is 3.58. The van der Waals surface area contributed by atoms with E-state index in [1.165, 1.54) is 0 Å². The van der Waals surface area contributed by atoms with Gasteiger partial charge in [-0.05, 0) is 19.4 Å². The number of hydrogen-bond donors (Lipinski definition) is 0. The Bertz CT molecular complexity index is 262. The summed E-state index contributed by atoms with van der Waals surface area (Å²) in [7, 11) is 0. The van der Waals surface area contributed by atoms with E-state index < -0.39 is 5.79 Å². The summed E-state index contributed by atoms with van der Waals surface area (Å²) in [4.78, 5) is 2.74. The second kappa shape index (κ2) is 2.85. The summed E-state index contributed by atoms with van der Waals surface area (Å²) in [6.45, 7) is 3.99. The van der Waals surface area contributed by atoms with Gasteiger partial charge in [0.2, 0.25) is 0 Å². The lowest BCUT2D eigenvalue weighted by molar-refractivity contribution is -0.193. The number of rotatable bonds is 1. The molecular weight excluding hydrogens is 174 g/mol. The van der Waals surface area contributed by atoms with Crippen molar-refractivity contribution in [3.8, 4) is 0 Å². The van der Waals surface area contributed by atoms with E-state index in [9.17, 15) is 0 Å². The first kappa shape index (κ1) is 8.77. The Morgan fingerprint density at radius 3 is 2.92 bits per heavy atom. The summed E-state index contributed by atoms with van der Waals surface area (Å²) >= 11 is 0. The van der Waals surface area contributed by atoms with Gasteiger partial charge in [-0.1, -0.05) is 5.11 Å². The van der Waals surface area contributed by atoms with Gasteiger partial charge in [0.05, 0.1) is 12.6 Å². The van der Waals surface area contributed by atoms with Gasteiger partial charge in [-0.2, -0.15) is 0 Å². The van der Waals surface area contributed by atoms with Crippen molar-refractivity contribution in [2.75, 3.05) is 6.61 Å². The topological polar surface area (TPSA) is 76.5 Å². The van der Waals surface area contributed by atoms with Crippen molar-refractivity contribution in [2.24, 2.45) is 5.11 Å². The molecular formula is C7H11N3O3. The lowest BCUT2D eigenvalue weighted by Crippen LogP contribution is -2.28. The molecule has 0 aliphatic carbocycles. The molecule has 6 heteroatoms. The molecule has 0 aromatic heterocycles. The first-order valence-electron chi connectivity index (χ1n) is 4.14. The van der Waals surface area contributed by atoms with E-state index in [-0.39, 0.29) is 18.4 Å². The molecule has 1 unspecified atom stereocenters. The quantitative estimate of drug-likeness (QED) is 0.349. The zero-order valence-corrected chi connectivity index (χ0v) is 7.51. The Labute approximate surface area is 75.4 Å². The van der Waals surface area contributed by atoms with E-state index in [0.717, 1.165) is 0 Å². The van der Waals surface area contributed by atoms with Crippen LogP contribution in [0.25, 0.3) is 10.4 Å². The normalized spacial score (nSPS) is 41.2. The molecule has 2 heterocycles. The molecule has 2 fully saturated rings. The van der Waals surface area contributed by atoms with Crippen LogP contribution in [-0.2, 0) is 14.2 Å². The van der Waals surface area contributed by atoms with Crippen LogP contribution in [0.15, 0.2) is 5.11 Å². The number of nitrogens with zero attached hydrogens (tertiary/aromatic N) is 3. The van der Waals surface area contributed by atoms with E-state index in [0.29, 0.717) is 6.61 Å². The maximum Gasteiger partial charge on any atom is 0.187 e. The van der Waals surface area contributed by atoms with Crippen molar-refractivity contribution in [3.05, 3.63) is 10.4 Å². The molecule has 0 aromatic rings. The van der Waals surface area contributed by atoms with Crippen molar-refractivity contribution in [1.82, 2.24) is 0 Å². The van der Waals surface area contributed by atoms with E-state index in [1.807, 2.05) is 13.8 Å². The lowest BCUT2D eigenvalue weighted by atomic mass is 10.2. The molecule has 0 bridgehead atoms. The van der Waals surface area contributed by atoms with Crippen LogP contribution < -0.4 is 0 Å². The third-order valence-corrected chi connectivity index (χ3v) is 2.10. The molecule has 0 spiro atoms. The van der Waals surface area contributed by atoms with Crippen molar-refractivity contribution in [2.45, 2.75) is 38.1 Å². The van der Waals surface area contributed by atoms with Gasteiger partial charge in [0.15, 0.2) is 12.1 Å². The van der Waals surface area contributed by atoms with Gasteiger partial charge in [-0.25, -0.2) is 0 Å². The molecule has 72 valence electrons. The van der Waals surface area contributed by atoms with E-state index in [1.54, 1.807) is 0 Å². The third kappa shape index (κ3) is 1.49. The third-order valence-electron chi connectivity index (χ3n) is 2.10. The molecule has 2 rings (SSSR count). The molecule has 6 nitrogen and oxygen atoms in total. The highest BCUT2D eigenvalue weighted by atomic mass is 16.8. The molecule has 0 amide bonds. The van der Waals surface area contributed by atoms with Crippen LogP contribution >= 0.6 is 0 Å². The maximum absolute atomic E-state index is 8.28. The van der Waals surface area contributed by atoms with Crippen LogP contribution in [0.5, 0.6) is 0 Å². The number of hydrogen-bond acceptors (Lipinski definition) is 4. The number of ether oxygens (including phenoxy) is 3. The second-order valence-corrected chi connectivity index (χ2v) is 3.57. The minimum absolute atomic E-state index is 0.258. The van der Waals surface area contributed by atoms with Crippen LogP contribution in [-0.4, -0.2) is 30.8 Å². The Morgan fingerprint density at radius 2 is 2.23 bits per heavy atom. The van der Waals surface area contributed by atoms with Crippen molar-refractivity contribution in [1.29, 1.82) is 0 Å². The number of azide groups is 1. The Hall–Kier alpha value is -0.810. The Morgan fingerprint density at radius 1 is 1.46 bits per heavy atom. The predicted molar refractivity (Wildman–Crippen MR) is 42.7 cm³/mol. The van der Waals surface area contributed by atoms with Crippen LogP contribution in [0.2, 0.25) is 0 Å². The highest BCUT2D eigenvalue weighted by Gasteiger charge is 2.49. The molecule has 2 aliphatic rings.